The summed E-state index contributed by atoms with van der Waals surface area (Å²) in [7, 11) is 0. The molecule has 0 aliphatic rings. The van der Waals surface area contributed by atoms with E-state index in [-0.39, 0.29) is 6.10 Å². The summed E-state index contributed by atoms with van der Waals surface area (Å²) in [6.07, 6.45) is 7.86. The third-order valence-electron chi connectivity index (χ3n) is 2.33. The van der Waals surface area contributed by atoms with E-state index in [4.69, 9.17) is 9.99 Å². The van der Waals surface area contributed by atoms with Crippen LogP contribution in [0.2, 0.25) is 0 Å². The molecule has 0 aliphatic heterocycles. The summed E-state index contributed by atoms with van der Waals surface area (Å²) in [5.74, 6) is 0. The molecule has 0 aromatic rings. The highest BCUT2D eigenvalue weighted by Gasteiger charge is 2.10. The van der Waals surface area contributed by atoms with Crippen LogP contribution in [0.3, 0.4) is 0 Å². The molecule has 1 unspecified atom stereocenters. The monoisotopic (exact) mass is 218 g/mol. The summed E-state index contributed by atoms with van der Waals surface area (Å²) in [4.78, 5) is 4.27. The lowest BCUT2D eigenvalue weighted by molar-refractivity contribution is -0.353. The molecule has 0 heterocycles. The lowest BCUT2D eigenvalue weighted by Crippen LogP contribution is -2.19. The molecule has 1 atom stereocenters. The Labute approximate surface area is 93.7 Å². The lowest BCUT2D eigenvalue weighted by atomic mass is 10.1. The minimum absolute atomic E-state index is 0.0993. The van der Waals surface area contributed by atoms with Crippen molar-refractivity contribution in [2.24, 2.45) is 0 Å². The SMILES string of the molecule is CCCCCCCCC(OO)OC(C)C. The average Bonchev–Trinajstić information content (AvgIpc) is 2.20. The summed E-state index contributed by atoms with van der Waals surface area (Å²) >= 11 is 0. The molecule has 15 heavy (non-hydrogen) atoms. The molecule has 0 aromatic heterocycles. The summed E-state index contributed by atoms with van der Waals surface area (Å²) in [6, 6.07) is 0. The van der Waals surface area contributed by atoms with Crippen molar-refractivity contribution in [3.63, 3.8) is 0 Å². The number of ether oxygens (including phenoxy) is 1. The molecule has 0 bridgehead atoms. The van der Waals surface area contributed by atoms with Crippen molar-refractivity contribution in [1.29, 1.82) is 0 Å². The van der Waals surface area contributed by atoms with Gasteiger partial charge in [0.25, 0.3) is 0 Å². The van der Waals surface area contributed by atoms with E-state index in [1.54, 1.807) is 0 Å². The number of unbranched alkanes of at least 4 members (excludes halogenated alkanes) is 5. The molecule has 0 saturated heterocycles. The Balaban J connectivity index is 3.30. The second kappa shape index (κ2) is 10.4. The van der Waals surface area contributed by atoms with E-state index in [0.29, 0.717) is 0 Å². The maximum absolute atomic E-state index is 8.59. The highest BCUT2D eigenvalue weighted by Crippen LogP contribution is 2.11. The molecule has 3 nitrogen and oxygen atoms in total. The third-order valence-corrected chi connectivity index (χ3v) is 2.33. The fraction of sp³-hybridized carbons (Fsp3) is 1.00. The second-order valence-corrected chi connectivity index (χ2v) is 4.28. The fourth-order valence-electron chi connectivity index (χ4n) is 1.54. The predicted octanol–water partition coefficient (Wildman–Crippen LogP) is 3.98. The molecule has 3 heteroatoms. The van der Waals surface area contributed by atoms with Crippen molar-refractivity contribution in [3.05, 3.63) is 0 Å². The number of rotatable bonds is 10. The van der Waals surface area contributed by atoms with Crippen LogP contribution >= 0.6 is 0 Å². The van der Waals surface area contributed by atoms with Crippen molar-refractivity contribution in [3.8, 4) is 0 Å². The Morgan fingerprint density at radius 2 is 1.60 bits per heavy atom. The average molecular weight is 218 g/mol. The molecule has 0 fully saturated rings. The van der Waals surface area contributed by atoms with Gasteiger partial charge in [0.2, 0.25) is 0 Å². The van der Waals surface area contributed by atoms with E-state index in [2.05, 4.69) is 11.8 Å². The van der Waals surface area contributed by atoms with Gasteiger partial charge in [-0.15, -0.1) is 0 Å². The topological polar surface area (TPSA) is 38.7 Å². The molecule has 0 radical (unpaired) electrons. The molecular weight excluding hydrogens is 192 g/mol. The highest BCUT2D eigenvalue weighted by atomic mass is 17.1. The molecule has 92 valence electrons. The molecule has 0 rings (SSSR count). The number of hydrogen-bond donors (Lipinski definition) is 1. The highest BCUT2D eigenvalue weighted by molar-refractivity contribution is 4.49. The molecule has 0 saturated carbocycles. The zero-order valence-corrected chi connectivity index (χ0v) is 10.4. The lowest BCUT2D eigenvalue weighted by Gasteiger charge is -2.16. The van der Waals surface area contributed by atoms with Crippen molar-refractivity contribution < 1.29 is 14.9 Å². The summed E-state index contributed by atoms with van der Waals surface area (Å²) < 4.78 is 5.35. The van der Waals surface area contributed by atoms with Crippen LogP contribution in [0.5, 0.6) is 0 Å². The van der Waals surface area contributed by atoms with Crippen molar-refractivity contribution >= 4 is 0 Å². The van der Waals surface area contributed by atoms with E-state index in [0.717, 1.165) is 12.8 Å². The standard InChI is InChI=1S/C12H26O3/c1-4-5-6-7-8-9-10-12(15-13)14-11(2)3/h11-13H,4-10H2,1-3H3. The Bertz CT molecular complexity index is 126. The molecular formula is C12H26O3. The smallest absolute Gasteiger partial charge is 0.191 e. The molecule has 0 amide bonds. The molecule has 1 N–H and O–H groups in total. The van der Waals surface area contributed by atoms with Gasteiger partial charge in [0.15, 0.2) is 6.29 Å². The first-order chi connectivity index (χ1) is 7.20. The summed E-state index contributed by atoms with van der Waals surface area (Å²) in [5.41, 5.74) is 0. The normalized spacial score (nSPS) is 13.4. The van der Waals surface area contributed by atoms with Crippen LogP contribution < -0.4 is 0 Å². The summed E-state index contributed by atoms with van der Waals surface area (Å²) in [6.45, 7) is 6.09. The van der Waals surface area contributed by atoms with Gasteiger partial charge in [-0.3, -0.25) is 0 Å². The van der Waals surface area contributed by atoms with Crippen molar-refractivity contribution in [2.45, 2.75) is 78.1 Å². The fourth-order valence-corrected chi connectivity index (χ4v) is 1.54. The van der Waals surface area contributed by atoms with Gasteiger partial charge >= 0.3 is 0 Å². The predicted molar refractivity (Wildman–Crippen MR) is 61.7 cm³/mol. The van der Waals surface area contributed by atoms with Crippen molar-refractivity contribution in [2.75, 3.05) is 0 Å². The second-order valence-electron chi connectivity index (χ2n) is 4.28. The molecule has 0 aromatic carbocycles. The van der Waals surface area contributed by atoms with Gasteiger partial charge in [-0.2, -0.15) is 0 Å². The first-order valence-corrected chi connectivity index (χ1v) is 6.16. The van der Waals surface area contributed by atoms with E-state index < -0.39 is 6.29 Å². The molecule has 0 spiro atoms. The van der Waals surface area contributed by atoms with Crippen LogP contribution in [0.25, 0.3) is 0 Å². The van der Waals surface area contributed by atoms with Gasteiger partial charge in [-0.05, 0) is 20.3 Å². The van der Waals surface area contributed by atoms with Gasteiger partial charge in [0.05, 0.1) is 6.10 Å². The first kappa shape index (κ1) is 14.9. The summed E-state index contributed by atoms with van der Waals surface area (Å²) in [5, 5.41) is 8.59. The Hall–Kier alpha value is -0.120. The van der Waals surface area contributed by atoms with Crippen LogP contribution in [-0.2, 0) is 9.62 Å². The largest absolute Gasteiger partial charge is 0.347 e. The maximum atomic E-state index is 8.59. The first-order valence-electron chi connectivity index (χ1n) is 6.16. The van der Waals surface area contributed by atoms with Gasteiger partial charge < -0.3 is 4.74 Å². The van der Waals surface area contributed by atoms with Crippen LogP contribution in [0.1, 0.15) is 65.7 Å². The van der Waals surface area contributed by atoms with Crippen LogP contribution in [-0.4, -0.2) is 17.7 Å². The quantitative estimate of drug-likeness (QED) is 0.261. The van der Waals surface area contributed by atoms with Crippen LogP contribution in [0.15, 0.2) is 0 Å². The van der Waals surface area contributed by atoms with Gasteiger partial charge in [0, 0.05) is 6.42 Å². The minimum Gasteiger partial charge on any atom is -0.347 e. The zero-order chi connectivity index (χ0) is 11.5. The van der Waals surface area contributed by atoms with E-state index in [1.165, 1.54) is 32.1 Å². The minimum atomic E-state index is -0.448. The van der Waals surface area contributed by atoms with Gasteiger partial charge in [-0.25, -0.2) is 10.1 Å². The number of hydrogen-bond acceptors (Lipinski definition) is 3. The Kier molecular flexibility index (Phi) is 10.3. The third kappa shape index (κ3) is 10.2. The molecule has 0 aliphatic carbocycles. The van der Waals surface area contributed by atoms with Crippen LogP contribution in [0, 0.1) is 0 Å². The zero-order valence-electron chi connectivity index (χ0n) is 10.4. The van der Waals surface area contributed by atoms with E-state index in [1.807, 2.05) is 13.8 Å². The van der Waals surface area contributed by atoms with Gasteiger partial charge in [-0.1, -0.05) is 39.0 Å². The maximum Gasteiger partial charge on any atom is 0.191 e. The van der Waals surface area contributed by atoms with Crippen molar-refractivity contribution in [1.82, 2.24) is 0 Å². The van der Waals surface area contributed by atoms with Crippen LogP contribution in [0.4, 0.5) is 0 Å². The van der Waals surface area contributed by atoms with E-state index in [9.17, 15) is 0 Å². The Morgan fingerprint density at radius 1 is 1.00 bits per heavy atom. The Morgan fingerprint density at radius 3 is 2.13 bits per heavy atom. The van der Waals surface area contributed by atoms with Gasteiger partial charge in [0.1, 0.15) is 0 Å². The van der Waals surface area contributed by atoms with E-state index >= 15 is 0 Å².